The molecule has 0 atom stereocenters. The Morgan fingerprint density at radius 3 is 2.71 bits per heavy atom. The van der Waals surface area contributed by atoms with Gasteiger partial charge in [-0.15, -0.1) is 0 Å². The molecule has 21 heavy (non-hydrogen) atoms. The van der Waals surface area contributed by atoms with Crippen LogP contribution in [0.3, 0.4) is 0 Å². The normalized spacial score (nSPS) is 14.9. The Bertz CT molecular complexity index is 443. The number of rotatable bonds is 8. The lowest BCUT2D eigenvalue weighted by Gasteiger charge is -2.10. The summed E-state index contributed by atoms with van der Waals surface area (Å²) in [4.78, 5) is 4.54. The van der Waals surface area contributed by atoms with Gasteiger partial charge in [0.2, 0.25) is 0 Å². The molecule has 1 fully saturated rings. The maximum Gasteiger partial charge on any atom is 0.191 e. The van der Waals surface area contributed by atoms with Crippen molar-refractivity contribution in [2.45, 2.75) is 38.6 Å². The van der Waals surface area contributed by atoms with Crippen LogP contribution in [0.1, 0.15) is 32.6 Å². The van der Waals surface area contributed by atoms with Gasteiger partial charge in [-0.25, -0.2) is 4.39 Å². The second kappa shape index (κ2) is 8.49. The Morgan fingerprint density at radius 2 is 2.05 bits per heavy atom. The van der Waals surface area contributed by atoms with Crippen molar-refractivity contribution in [2.24, 2.45) is 4.99 Å². The minimum Gasteiger partial charge on any atom is -0.494 e. The van der Waals surface area contributed by atoms with E-state index in [0.717, 1.165) is 31.9 Å². The topological polar surface area (TPSA) is 45.7 Å². The second-order valence-electron chi connectivity index (χ2n) is 5.19. The van der Waals surface area contributed by atoms with E-state index in [1.165, 1.54) is 25.0 Å². The lowest BCUT2D eigenvalue weighted by Crippen LogP contribution is -2.38. The highest BCUT2D eigenvalue weighted by Gasteiger charge is 2.21. The van der Waals surface area contributed by atoms with Crippen LogP contribution in [-0.4, -0.2) is 31.7 Å². The van der Waals surface area contributed by atoms with Crippen LogP contribution in [0.2, 0.25) is 0 Å². The fourth-order valence-corrected chi connectivity index (χ4v) is 1.87. The molecule has 116 valence electrons. The fraction of sp³-hybridized carbons (Fsp3) is 0.562. The molecule has 0 spiro atoms. The Labute approximate surface area is 125 Å². The molecule has 0 aromatic heterocycles. The van der Waals surface area contributed by atoms with E-state index in [-0.39, 0.29) is 5.82 Å². The molecular weight excluding hydrogens is 269 g/mol. The molecule has 0 saturated heterocycles. The van der Waals surface area contributed by atoms with Crippen molar-refractivity contribution in [1.29, 1.82) is 0 Å². The van der Waals surface area contributed by atoms with E-state index >= 15 is 0 Å². The number of guanidine groups is 1. The first-order chi connectivity index (χ1) is 10.3. The predicted molar refractivity (Wildman–Crippen MR) is 83.3 cm³/mol. The zero-order chi connectivity index (χ0) is 14.9. The molecule has 1 aliphatic rings. The summed E-state index contributed by atoms with van der Waals surface area (Å²) < 4.78 is 18.3. The summed E-state index contributed by atoms with van der Waals surface area (Å²) in [5.74, 6) is 1.39. The third kappa shape index (κ3) is 6.47. The molecule has 0 amide bonds. The molecule has 5 heteroatoms. The van der Waals surface area contributed by atoms with Crippen LogP contribution in [0, 0.1) is 5.82 Å². The van der Waals surface area contributed by atoms with Crippen LogP contribution in [0.15, 0.2) is 29.3 Å². The molecular formula is C16H24FN3O. The largest absolute Gasteiger partial charge is 0.494 e. The summed E-state index contributed by atoms with van der Waals surface area (Å²) in [6.07, 6.45) is 4.40. The first kappa shape index (κ1) is 15.6. The minimum atomic E-state index is -0.240. The zero-order valence-corrected chi connectivity index (χ0v) is 12.6. The van der Waals surface area contributed by atoms with Gasteiger partial charge in [-0.05, 0) is 56.9 Å². The number of nitrogens with zero attached hydrogens (tertiary/aromatic N) is 1. The Balaban J connectivity index is 1.58. The lowest BCUT2D eigenvalue weighted by molar-refractivity contribution is 0.307. The van der Waals surface area contributed by atoms with Gasteiger partial charge < -0.3 is 15.4 Å². The molecule has 0 aliphatic heterocycles. The third-order valence-corrected chi connectivity index (χ3v) is 3.17. The Hall–Kier alpha value is -1.78. The molecule has 1 aromatic rings. The van der Waals surface area contributed by atoms with Crippen LogP contribution < -0.4 is 15.4 Å². The smallest absolute Gasteiger partial charge is 0.191 e. The summed E-state index contributed by atoms with van der Waals surface area (Å²) in [7, 11) is 0. The van der Waals surface area contributed by atoms with E-state index in [2.05, 4.69) is 22.5 Å². The number of halogens is 1. The summed E-state index contributed by atoms with van der Waals surface area (Å²) in [5.41, 5.74) is 0. The lowest BCUT2D eigenvalue weighted by atomic mass is 10.3. The average Bonchev–Trinajstić information content (AvgIpc) is 3.28. The summed E-state index contributed by atoms with van der Waals surface area (Å²) in [6, 6.07) is 6.73. The monoisotopic (exact) mass is 293 g/mol. The Kier molecular flexibility index (Phi) is 6.31. The number of hydrogen-bond acceptors (Lipinski definition) is 2. The van der Waals surface area contributed by atoms with Gasteiger partial charge in [-0.3, -0.25) is 4.99 Å². The number of benzene rings is 1. The van der Waals surface area contributed by atoms with E-state index in [9.17, 15) is 4.39 Å². The highest BCUT2D eigenvalue weighted by molar-refractivity contribution is 5.80. The molecule has 2 N–H and O–H groups in total. The zero-order valence-electron chi connectivity index (χ0n) is 12.6. The molecule has 0 unspecified atom stereocenters. The quantitative estimate of drug-likeness (QED) is 0.440. The maximum absolute atomic E-state index is 12.7. The molecule has 0 heterocycles. The number of hydrogen-bond donors (Lipinski definition) is 2. The SMILES string of the molecule is CCNC(=NCCCCOc1ccc(F)cc1)NC1CC1. The Morgan fingerprint density at radius 1 is 1.29 bits per heavy atom. The molecule has 4 nitrogen and oxygen atoms in total. The molecule has 1 aromatic carbocycles. The van der Waals surface area contributed by atoms with Crippen molar-refractivity contribution in [3.8, 4) is 5.75 Å². The van der Waals surface area contributed by atoms with E-state index in [1.807, 2.05) is 0 Å². The standard InChI is InChI=1S/C16H24FN3O/c1-2-18-16(20-14-7-8-14)19-11-3-4-12-21-15-9-5-13(17)6-10-15/h5-6,9-10,14H,2-4,7-8,11-12H2,1H3,(H2,18,19,20). The summed E-state index contributed by atoms with van der Waals surface area (Å²) >= 11 is 0. The van der Waals surface area contributed by atoms with E-state index in [1.54, 1.807) is 12.1 Å². The molecule has 2 rings (SSSR count). The van der Waals surface area contributed by atoms with E-state index in [0.29, 0.717) is 18.4 Å². The molecule has 1 saturated carbocycles. The number of nitrogens with one attached hydrogen (secondary N) is 2. The van der Waals surface area contributed by atoms with Crippen LogP contribution in [0.25, 0.3) is 0 Å². The van der Waals surface area contributed by atoms with Crippen molar-refractivity contribution in [3.05, 3.63) is 30.1 Å². The van der Waals surface area contributed by atoms with Gasteiger partial charge in [-0.1, -0.05) is 0 Å². The number of unbranched alkanes of at least 4 members (excludes halogenated alkanes) is 1. The van der Waals surface area contributed by atoms with Crippen molar-refractivity contribution >= 4 is 5.96 Å². The van der Waals surface area contributed by atoms with Crippen molar-refractivity contribution in [3.63, 3.8) is 0 Å². The molecule has 0 radical (unpaired) electrons. The highest BCUT2D eigenvalue weighted by atomic mass is 19.1. The first-order valence-electron chi connectivity index (χ1n) is 7.71. The van der Waals surface area contributed by atoms with Gasteiger partial charge in [0.25, 0.3) is 0 Å². The van der Waals surface area contributed by atoms with Gasteiger partial charge in [0.1, 0.15) is 11.6 Å². The number of aliphatic imine (C=N–C) groups is 1. The van der Waals surface area contributed by atoms with Gasteiger partial charge in [-0.2, -0.15) is 0 Å². The third-order valence-electron chi connectivity index (χ3n) is 3.17. The van der Waals surface area contributed by atoms with Crippen LogP contribution >= 0.6 is 0 Å². The van der Waals surface area contributed by atoms with Gasteiger partial charge in [0.15, 0.2) is 5.96 Å². The number of ether oxygens (including phenoxy) is 1. The van der Waals surface area contributed by atoms with Gasteiger partial charge in [0, 0.05) is 19.1 Å². The molecule has 0 bridgehead atoms. The fourth-order valence-electron chi connectivity index (χ4n) is 1.87. The molecule has 1 aliphatic carbocycles. The van der Waals surface area contributed by atoms with Gasteiger partial charge in [0.05, 0.1) is 6.61 Å². The van der Waals surface area contributed by atoms with Crippen LogP contribution in [0.4, 0.5) is 4.39 Å². The van der Waals surface area contributed by atoms with E-state index in [4.69, 9.17) is 4.74 Å². The van der Waals surface area contributed by atoms with Crippen molar-refractivity contribution in [1.82, 2.24) is 10.6 Å². The van der Waals surface area contributed by atoms with Crippen LogP contribution in [-0.2, 0) is 0 Å². The van der Waals surface area contributed by atoms with Crippen LogP contribution in [0.5, 0.6) is 5.75 Å². The predicted octanol–water partition coefficient (Wildman–Crippen LogP) is 2.70. The second-order valence-corrected chi connectivity index (χ2v) is 5.19. The maximum atomic E-state index is 12.7. The van der Waals surface area contributed by atoms with Crippen molar-refractivity contribution in [2.75, 3.05) is 19.7 Å². The average molecular weight is 293 g/mol. The summed E-state index contributed by atoms with van der Waals surface area (Å²) in [6.45, 7) is 4.37. The summed E-state index contributed by atoms with van der Waals surface area (Å²) in [5, 5.41) is 6.63. The van der Waals surface area contributed by atoms with Gasteiger partial charge >= 0.3 is 0 Å². The van der Waals surface area contributed by atoms with E-state index < -0.39 is 0 Å². The first-order valence-corrected chi connectivity index (χ1v) is 7.71. The van der Waals surface area contributed by atoms with Crippen molar-refractivity contribution < 1.29 is 9.13 Å². The highest BCUT2D eigenvalue weighted by Crippen LogP contribution is 2.18. The minimum absolute atomic E-state index is 0.240.